The zero-order chi connectivity index (χ0) is 32.4. The summed E-state index contributed by atoms with van der Waals surface area (Å²) in [4.78, 5) is 59.6. The molecule has 1 atom stereocenters. The highest BCUT2D eigenvalue weighted by molar-refractivity contribution is 6.23. The van der Waals surface area contributed by atoms with E-state index in [2.05, 4.69) is 20.4 Å². The molecule has 4 rings (SSSR count). The fourth-order valence-corrected chi connectivity index (χ4v) is 4.36. The summed E-state index contributed by atoms with van der Waals surface area (Å²) in [6.07, 6.45) is -3.67. The van der Waals surface area contributed by atoms with Gasteiger partial charge in [0.25, 0.3) is 5.91 Å². The maximum absolute atomic E-state index is 13.6. The number of hydrogen-bond donors (Lipinski definition) is 3. The van der Waals surface area contributed by atoms with Gasteiger partial charge in [0.2, 0.25) is 5.91 Å². The lowest BCUT2D eigenvalue weighted by molar-refractivity contribution is -0.274. The first-order chi connectivity index (χ1) is 20.6. The van der Waals surface area contributed by atoms with E-state index in [1.54, 1.807) is 56.6 Å². The van der Waals surface area contributed by atoms with E-state index in [9.17, 15) is 32.3 Å². The molecule has 0 radical (unpaired) electrons. The van der Waals surface area contributed by atoms with Crippen molar-refractivity contribution in [2.75, 3.05) is 29.6 Å². The zero-order valence-electron chi connectivity index (χ0n) is 24.2. The van der Waals surface area contributed by atoms with Crippen molar-refractivity contribution in [1.82, 2.24) is 14.8 Å². The topological polar surface area (TPSA) is 150 Å². The number of halogens is 3. The number of imide groups is 1. The number of nitrogens with zero attached hydrogens (tertiary/aromatic N) is 4. The number of hydrogen-bond acceptors (Lipinski definition) is 7. The minimum atomic E-state index is -5.10. The summed E-state index contributed by atoms with van der Waals surface area (Å²) in [5, 5.41) is 4.93. The highest BCUT2D eigenvalue weighted by atomic mass is 19.4. The van der Waals surface area contributed by atoms with Gasteiger partial charge in [-0.15, -0.1) is 13.2 Å². The number of benzene rings is 2. The van der Waals surface area contributed by atoms with E-state index < -0.39 is 53.3 Å². The number of anilines is 3. The van der Waals surface area contributed by atoms with Crippen molar-refractivity contribution in [2.45, 2.75) is 38.3 Å². The first-order valence-corrected chi connectivity index (χ1v) is 13.2. The van der Waals surface area contributed by atoms with Gasteiger partial charge < -0.3 is 25.6 Å². The molecule has 1 aromatic heterocycles. The zero-order valence-corrected chi connectivity index (χ0v) is 24.2. The lowest BCUT2D eigenvalue weighted by Gasteiger charge is -2.27. The monoisotopic (exact) mass is 613 g/mol. The molecule has 0 unspecified atom stereocenters. The quantitative estimate of drug-likeness (QED) is 0.318. The molecule has 6 amide bonds. The third-order valence-electron chi connectivity index (χ3n) is 6.78. The van der Waals surface area contributed by atoms with E-state index in [1.807, 2.05) is 0 Å². The Hall–Kier alpha value is -5.18. The molecule has 0 spiro atoms. The number of amides is 6. The average Bonchev–Trinajstić information content (AvgIpc) is 3.12. The van der Waals surface area contributed by atoms with Gasteiger partial charge in [-0.2, -0.15) is 0 Å². The van der Waals surface area contributed by atoms with E-state index >= 15 is 0 Å². The number of nitrogens with one attached hydrogen (secondary N) is 2. The Bertz CT molecular complexity index is 1580. The first kappa shape index (κ1) is 31.7. The van der Waals surface area contributed by atoms with Crippen molar-refractivity contribution < 1.29 is 37.1 Å². The molecular weight excluding hydrogens is 583 g/mol. The van der Waals surface area contributed by atoms with Gasteiger partial charge >= 0.3 is 18.4 Å². The number of carbonyl (C=O) groups excluding carboxylic acids is 4. The van der Waals surface area contributed by atoms with Crippen molar-refractivity contribution in [2.24, 2.45) is 5.73 Å². The molecular formula is C29H30F3N7O5. The molecule has 0 saturated carbocycles. The molecule has 2 aromatic carbocycles. The molecule has 1 aliphatic rings. The molecule has 0 aliphatic carbocycles. The van der Waals surface area contributed by atoms with E-state index in [4.69, 9.17) is 5.73 Å². The second kappa shape index (κ2) is 12.2. The van der Waals surface area contributed by atoms with Crippen molar-refractivity contribution in [1.29, 1.82) is 0 Å². The fourth-order valence-electron chi connectivity index (χ4n) is 4.36. The van der Waals surface area contributed by atoms with Crippen LogP contribution in [0.3, 0.4) is 0 Å². The number of carbonyl (C=O) groups is 4. The Kier molecular flexibility index (Phi) is 8.81. The molecule has 3 aromatic rings. The summed E-state index contributed by atoms with van der Waals surface area (Å²) in [5.41, 5.74) is 5.02. The van der Waals surface area contributed by atoms with Gasteiger partial charge in [0.1, 0.15) is 17.4 Å². The minimum Gasteiger partial charge on any atom is -0.404 e. The Balaban J connectivity index is 1.64. The molecule has 4 N–H and O–H groups in total. The summed E-state index contributed by atoms with van der Waals surface area (Å²) < 4.78 is 43.7. The molecule has 1 aliphatic heterocycles. The minimum absolute atomic E-state index is 0.0633. The standard InChI is InChI=1S/C29H30F3N7O5/c1-28(2)25(41)39(27(43)38(28)16-17-12-13-34-22(14-17)36-26(42)37(3)4)19-10-11-21(44-29(30,31)32)20(15-19)35-24(40)23(33)18-8-6-5-7-9-18/h5-15,23H,16,33H2,1-4H3,(H,35,40)(H,34,36,42)/t23-/m1/s1. The van der Waals surface area contributed by atoms with Gasteiger partial charge in [0.15, 0.2) is 5.75 Å². The predicted octanol–water partition coefficient (Wildman–Crippen LogP) is 4.46. The average molecular weight is 614 g/mol. The van der Waals surface area contributed by atoms with Crippen LogP contribution in [0, 0.1) is 0 Å². The number of aromatic nitrogens is 1. The summed E-state index contributed by atoms with van der Waals surface area (Å²) in [6, 6.07) is 11.9. The lowest BCUT2D eigenvalue weighted by Crippen LogP contribution is -2.43. The van der Waals surface area contributed by atoms with Gasteiger partial charge in [0.05, 0.1) is 11.4 Å². The van der Waals surface area contributed by atoms with Crippen molar-refractivity contribution in [3.05, 3.63) is 78.0 Å². The van der Waals surface area contributed by atoms with Crippen LogP contribution in [-0.2, 0) is 16.1 Å². The maximum Gasteiger partial charge on any atom is 0.573 e. The van der Waals surface area contributed by atoms with Crippen LogP contribution in [0.4, 0.5) is 40.0 Å². The van der Waals surface area contributed by atoms with E-state index in [0.717, 1.165) is 23.1 Å². The number of pyridine rings is 1. The number of urea groups is 2. The molecule has 0 bridgehead atoms. The van der Waals surface area contributed by atoms with Gasteiger partial charge in [-0.25, -0.2) is 19.5 Å². The van der Waals surface area contributed by atoms with Crippen LogP contribution in [0.2, 0.25) is 0 Å². The fraction of sp³-hybridized carbons (Fsp3) is 0.276. The molecule has 44 heavy (non-hydrogen) atoms. The second-order valence-corrected chi connectivity index (χ2v) is 10.5. The summed E-state index contributed by atoms with van der Waals surface area (Å²) >= 11 is 0. The van der Waals surface area contributed by atoms with Crippen molar-refractivity contribution >= 4 is 41.1 Å². The van der Waals surface area contributed by atoms with Crippen molar-refractivity contribution in [3.8, 4) is 5.75 Å². The SMILES string of the molecule is CN(C)C(=O)Nc1cc(CN2C(=O)N(c3ccc(OC(F)(F)F)c(NC(=O)[C@H](N)c4ccccc4)c3)C(=O)C2(C)C)ccn1. The summed E-state index contributed by atoms with van der Waals surface area (Å²) in [5.74, 6) is -2.06. The van der Waals surface area contributed by atoms with E-state index in [-0.39, 0.29) is 18.1 Å². The van der Waals surface area contributed by atoms with Crippen LogP contribution in [-0.4, -0.2) is 64.7 Å². The summed E-state index contributed by atoms with van der Waals surface area (Å²) in [6.45, 7) is 2.98. The molecule has 1 saturated heterocycles. The van der Waals surface area contributed by atoms with E-state index in [1.165, 1.54) is 29.8 Å². The van der Waals surface area contributed by atoms with E-state index in [0.29, 0.717) is 11.1 Å². The van der Waals surface area contributed by atoms with Crippen LogP contribution in [0.5, 0.6) is 5.75 Å². The largest absolute Gasteiger partial charge is 0.573 e. The lowest BCUT2D eigenvalue weighted by atomic mass is 10.0. The van der Waals surface area contributed by atoms with Crippen LogP contribution in [0.1, 0.15) is 31.0 Å². The number of ether oxygens (including phenoxy) is 1. The molecule has 12 nitrogen and oxygen atoms in total. The Labute approximate surface area is 250 Å². The van der Waals surface area contributed by atoms with Crippen LogP contribution < -0.4 is 26.0 Å². The molecule has 1 fully saturated rings. The van der Waals surface area contributed by atoms with Gasteiger partial charge in [0, 0.05) is 26.8 Å². The molecule has 232 valence electrons. The Morgan fingerprint density at radius 1 is 1.05 bits per heavy atom. The Morgan fingerprint density at radius 2 is 1.73 bits per heavy atom. The highest BCUT2D eigenvalue weighted by Gasteiger charge is 2.52. The maximum atomic E-state index is 13.6. The number of alkyl halides is 3. The van der Waals surface area contributed by atoms with Gasteiger partial charge in [-0.05, 0) is 55.3 Å². The van der Waals surface area contributed by atoms with Crippen LogP contribution in [0.15, 0.2) is 66.9 Å². The second-order valence-electron chi connectivity index (χ2n) is 10.5. The first-order valence-electron chi connectivity index (χ1n) is 13.2. The highest BCUT2D eigenvalue weighted by Crippen LogP contribution is 2.38. The van der Waals surface area contributed by atoms with Crippen LogP contribution >= 0.6 is 0 Å². The third-order valence-corrected chi connectivity index (χ3v) is 6.78. The normalized spacial score (nSPS) is 15.2. The Morgan fingerprint density at radius 3 is 2.36 bits per heavy atom. The number of rotatable bonds is 8. The van der Waals surface area contributed by atoms with Crippen molar-refractivity contribution in [3.63, 3.8) is 0 Å². The molecule has 15 heteroatoms. The molecule has 2 heterocycles. The van der Waals surface area contributed by atoms with Crippen LogP contribution in [0.25, 0.3) is 0 Å². The predicted molar refractivity (Wildman–Crippen MR) is 155 cm³/mol. The van der Waals surface area contributed by atoms with Gasteiger partial charge in [-0.1, -0.05) is 30.3 Å². The smallest absolute Gasteiger partial charge is 0.404 e. The number of nitrogens with two attached hydrogens (primary N) is 1. The summed E-state index contributed by atoms with van der Waals surface area (Å²) in [7, 11) is 3.11. The van der Waals surface area contributed by atoms with Gasteiger partial charge in [-0.3, -0.25) is 14.9 Å². The third kappa shape index (κ3) is 6.89.